The van der Waals surface area contributed by atoms with E-state index < -0.39 is 65.6 Å². The summed E-state index contributed by atoms with van der Waals surface area (Å²) in [5.41, 5.74) is 0. The molecule has 0 unspecified atom stereocenters. The average molecular weight is 491 g/mol. The maximum absolute atomic E-state index is 13.6. The Balaban J connectivity index is 2.37. The van der Waals surface area contributed by atoms with Crippen LogP contribution in [0.2, 0.25) is 0 Å². The standard InChI is InChI=1S/C19H13F3O6S3/c20-13-4-1-7-16(10-13)29(23,24)19(30(25,26)17-8-2-5-14(21)11-17)31(27,28)18-9-3-6-15(22)12-18/h1-12,19H. The number of benzene rings is 3. The fourth-order valence-corrected chi connectivity index (χ4v) is 11.1. The first-order valence-corrected chi connectivity index (χ1v) is 13.0. The predicted molar refractivity (Wildman–Crippen MR) is 105 cm³/mol. The van der Waals surface area contributed by atoms with Gasteiger partial charge in [-0.15, -0.1) is 0 Å². The van der Waals surface area contributed by atoms with Crippen molar-refractivity contribution in [2.75, 3.05) is 0 Å². The van der Waals surface area contributed by atoms with Crippen molar-refractivity contribution in [1.82, 2.24) is 0 Å². The van der Waals surface area contributed by atoms with E-state index in [9.17, 15) is 38.4 Å². The minimum absolute atomic E-state index is 0.449. The molecule has 0 saturated heterocycles. The Morgan fingerprint density at radius 3 is 0.968 bits per heavy atom. The highest BCUT2D eigenvalue weighted by molar-refractivity contribution is 8.24. The van der Waals surface area contributed by atoms with E-state index in [1.54, 1.807) is 0 Å². The number of halogens is 3. The molecule has 0 aliphatic rings. The van der Waals surface area contributed by atoms with Gasteiger partial charge in [0.25, 0.3) is 3.91 Å². The van der Waals surface area contributed by atoms with Gasteiger partial charge in [0.1, 0.15) is 17.5 Å². The van der Waals surface area contributed by atoms with E-state index >= 15 is 0 Å². The summed E-state index contributed by atoms with van der Waals surface area (Å²) in [7, 11) is -16.0. The summed E-state index contributed by atoms with van der Waals surface area (Å²) in [6, 6.07) is 9.24. The van der Waals surface area contributed by atoms with Gasteiger partial charge < -0.3 is 0 Å². The molecule has 0 saturated carbocycles. The van der Waals surface area contributed by atoms with E-state index in [4.69, 9.17) is 0 Å². The smallest absolute Gasteiger partial charge is 0.221 e. The highest BCUT2D eigenvalue weighted by Gasteiger charge is 2.50. The van der Waals surface area contributed by atoms with Gasteiger partial charge in [-0.1, -0.05) is 18.2 Å². The van der Waals surface area contributed by atoms with Crippen molar-refractivity contribution >= 4 is 29.5 Å². The predicted octanol–water partition coefficient (Wildman–Crippen LogP) is 3.11. The third-order valence-electron chi connectivity index (χ3n) is 4.13. The molecule has 164 valence electrons. The van der Waals surface area contributed by atoms with E-state index in [0.29, 0.717) is 18.2 Å². The molecule has 0 radical (unpaired) electrons. The lowest BCUT2D eigenvalue weighted by atomic mass is 10.4. The Hall–Kier alpha value is -2.70. The van der Waals surface area contributed by atoms with Crippen molar-refractivity contribution in [3.8, 4) is 0 Å². The van der Waals surface area contributed by atoms with Crippen molar-refractivity contribution in [1.29, 1.82) is 0 Å². The normalized spacial score (nSPS) is 12.8. The highest BCUT2D eigenvalue weighted by Crippen LogP contribution is 2.33. The van der Waals surface area contributed by atoms with Gasteiger partial charge in [0, 0.05) is 0 Å². The van der Waals surface area contributed by atoms with Crippen LogP contribution in [0, 0.1) is 17.5 Å². The molecule has 0 fully saturated rings. The molecule has 0 bridgehead atoms. The first-order valence-electron chi connectivity index (χ1n) is 8.35. The first-order chi connectivity index (χ1) is 14.4. The lowest BCUT2D eigenvalue weighted by Gasteiger charge is -2.19. The lowest BCUT2D eigenvalue weighted by Crippen LogP contribution is -2.38. The van der Waals surface area contributed by atoms with Gasteiger partial charge in [0.05, 0.1) is 14.7 Å². The van der Waals surface area contributed by atoms with Crippen molar-refractivity contribution in [2.45, 2.75) is 18.6 Å². The number of sulfone groups is 3. The van der Waals surface area contributed by atoms with Gasteiger partial charge in [-0.2, -0.15) is 0 Å². The molecule has 3 rings (SSSR count). The Morgan fingerprint density at radius 1 is 0.484 bits per heavy atom. The summed E-state index contributed by atoms with van der Waals surface area (Å²) in [5, 5.41) is 0. The summed E-state index contributed by atoms with van der Waals surface area (Å²) in [6.45, 7) is 0. The lowest BCUT2D eigenvalue weighted by molar-refractivity contribution is 0.568. The van der Waals surface area contributed by atoms with Crippen LogP contribution in [0.15, 0.2) is 87.5 Å². The van der Waals surface area contributed by atoms with E-state index in [0.717, 1.165) is 54.6 Å². The quantitative estimate of drug-likeness (QED) is 0.526. The molecule has 0 amide bonds. The highest BCUT2D eigenvalue weighted by atomic mass is 32.3. The third-order valence-corrected chi connectivity index (χ3v) is 12.9. The van der Waals surface area contributed by atoms with Crippen LogP contribution in [0.3, 0.4) is 0 Å². The molecule has 12 heteroatoms. The minimum Gasteiger partial charge on any atom is -0.221 e. The van der Waals surface area contributed by atoms with Gasteiger partial charge in [0.15, 0.2) is 0 Å². The molecule has 0 heterocycles. The zero-order valence-electron chi connectivity index (χ0n) is 15.3. The second-order valence-corrected chi connectivity index (χ2v) is 13.3. The molecule has 0 aromatic heterocycles. The molecule has 0 N–H and O–H groups in total. The maximum atomic E-state index is 13.6. The van der Waals surface area contributed by atoms with Gasteiger partial charge in [-0.25, -0.2) is 38.4 Å². The van der Waals surface area contributed by atoms with Crippen LogP contribution in [0.1, 0.15) is 0 Å². The van der Waals surface area contributed by atoms with Gasteiger partial charge in [0.2, 0.25) is 29.5 Å². The average Bonchev–Trinajstić information content (AvgIpc) is 2.67. The van der Waals surface area contributed by atoms with Crippen LogP contribution >= 0.6 is 0 Å². The Bertz CT molecular complexity index is 1290. The second-order valence-electron chi connectivity index (χ2n) is 6.30. The van der Waals surface area contributed by atoms with E-state index in [2.05, 4.69) is 0 Å². The zero-order chi connectivity index (χ0) is 23.0. The minimum atomic E-state index is -5.32. The molecular weight excluding hydrogens is 477 g/mol. The fourth-order valence-electron chi connectivity index (χ4n) is 2.77. The summed E-state index contributed by atoms with van der Waals surface area (Å²) in [6.07, 6.45) is 0. The topological polar surface area (TPSA) is 102 Å². The van der Waals surface area contributed by atoms with Crippen molar-refractivity contribution in [3.05, 3.63) is 90.2 Å². The maximum Gasteiger partial charge on any atom is 0.275 e. The van der Waals surface area contributed by atoms with Gasteiger partial charge in [-0.3, -0.25) is 0 Å². The summed E-state index contributed by atoms with van der Waals surface area (Å²) in [4.78, 5) is -2.80. The van der Waals surface area contributed by atoms with Crippen LogP contribution in [0.4, 0.5) is 13.2 Å². The van der Waals surface area contributed by atoms with Crippen LogP contribution in [-0.2, 0) is 29.5 Å². The van der Waals surface area contributed by atoms with Gasteiger partial charge >= 0.3 is 0 Å². The van der Waals surface area contributed by atoms with Crippen LogP contribution in [0.5, 0.6) is 0 Å². The van der Waals surface area contributed by atoms with Gasteiger partial charge in [-0.05, 0) is 54.6 Å². The summed E-state index contributed by atoms with van der Waals surface area (Å²) in [5.74, 6) is -3.19. The SMILES string of the molecule is O=S(=O)(c1cccc(F)c1)C(S(=O)(=O)c1cccc(F)c1)S(=O)(=O)c1cccc(F)c1. The number of rotatable bonds is 6. The molecule has 0 aliphatic heterocycles. The van der Waals surface area contributed by atoms with Crippen molar-refractivity contribution < 1.29 is 38.4 Å². The zero-order valence-corrected chi connectivity index (χ0v) is 17.8. The molecule has 0 atom stereocenters. The van der Waals surface area contributed by atoms with Crippen molar-refractivity contribution in [3.63, 3.8) is 0 Å². The molecule has 31 heavy (non-hydrogen) atoms. The Labute approximate surface area is 176 Å². The van der Waals surface area contributed by atoms with Crippen LogP contribution in [0.25, 0.3) is 0 Å². The third kappa shape index (κ3) is 4.36. The summed E-state index contributed by atoms with van der Waals surface area (Å²) < 4.78 is 117. The molecular formula is C19H13F3O6S3. The van der Waals surface area contributed by atoms with Crippen LogP contribution in [-0.4, -0.2) is 29.2 Å². The molecule has 3 aromatic rings. The molecule has 6 nitrogen and oxygen atoms in total. The van der Waals surface area contributed by atoms with Crippen LogP contribution < -0.4 is 0 Å². The molecule has 3 aromatic carbocycles. The van der Waals surface area contributed by atoms with E-state index in [1.807, 2.05) is 0 Å². The van der Waals surface area contributed by atoms with E-state index in [-0.39, 0.29) is 0 Å². The molecule has 0 spiro atoms. The Morgan fingerprint density at radius 2 is 0.742 bits per heavy atom. The van der Waals surface area contributed by atoms with Crippen molar-refractivity contribution in [2.24, 2.45) is 0 Å². The largest absolute Gasteiger partial charge is 0.275 e. The van der Waals surface area contributed by atoms with E-state index in [1.165, 1.54) is 0 Å². The molecule has 0 aliphatic carbocycles. The number of hydrogen-bond donors (Lipinski definition) is 0. The monoisotopic (exact) mass is 490 g/mol. The summed E-state index contributed by atoms with van der Waals surface area (Å²) >= 11 is 0. The Kier molecular flexibility index (Phi) is 6.00. The second kappa shape index (κ2) is 8.09. The fraction of sp³-hybridized carbons (Fsp3) is 0.0526. The first kappa shape index (κ1) is 23.0. The number of hydrogen-bond acceptors (Lipinski definition) is 6.